The fraction of sp³-hybridized carbons (Fsp3) is 0.276. The maximum Gasteiger partial charge on any atom is 0.336 e. The second kappa shape index (κ2) is 12.6. The van der Waals surface area contributed by atoms with Crippen LogP contribution in [-0.2, 0) is 37.0 Å². The minimum Gasteiger partial charge on any atom is -0.466 e. The summed E-state index contributed by atoms with van der Waals surface area (Å²) in [5.41, 5.74) is 3.30. The molecule has 2 aromatic carbocycles. The lowest BCUT2D eigenvalue weighted by molar-refractivity contribution is -0.139. The van der Waals surface area contributed by atoms with Gasteiger partial charge in [0.25, 0.3) is 0 Å². The van der Waals surface area contributed by atoms with Crippen LogP contribution in [0.5, 0.6) is 0 Å². The van der Waals surface area contributed by atoms with E-state index in [9.17, 15) is 9.59 Å². The Balaban J connectivity index is 1.65. The van der Waals surface area contributed by atoms with Gasteiger partial charge in [0.15, 0.2) is 0 Å². The summed E-state index contributed by atoms with van der Waals surface area (Å²) in [4.78, 5) is 30.6. The van der Waals surface area contributed by atoms with Crippen molar-refractivity contribution in [3.05, 3.63) is 112 Å². The monoisotopic (exact) mass is 535 g/mol. The highest BCUT2D eigenvalue weighted by Gasteiger charge is 2.39. The molecule has 1 N–H and O–H groups in total. The number of carbonyl (C=O) groups excluding carboxylic acids is 2. The molecule has 3 aromatic rings. The number of carbonyl (C=O) groups is 2. The van der Waals surface area contributed by atoms with Crippen LogP contribution in [0.3, 0.4) is 0 Å². The van der Waals surface area contributed by atoms with E-state index < -0.39 is 17.9 Å². The van der Waals surface area contributed by atoms with Crippen LogP contribution in [0.4, 0.5) is 0 Å². The number of ether oxygens (including phenoxy) is 3. The van der Waals surface area contributed by atoms with Crippen molar-refractivity contribution in [2.45, 2.75) is 32.9 Å². The number of dihydropyridines is 1. The van der Waals surface area contributed by atoms with Crippen molar-refractivity contribution < 1.29 is 23.8 Å². The van der Waals surface area contributed by atoms with E-state index >= 15 is 0 Å². The number of hydrogen-bond acceptors (Lipinski definition) is 7. The van der Waals surface area contributed by atoms with Gasteiger partial charge in [-0.05, 0) is 31.0 Å². The van der Waals surface area contributed by atoms with Gasteiger partial charge in [0, 0.05) is 29.7 Å². The first-order valence-electron chi connectivity index (χ1n) is 12.3. The maximum absolute atomic E-state index is 13.3. The maximum atomic E-state index is 13.3. The molecule has 0 radical (unpaired) electrons. The van der Waals surface area contributed by atoms with E-state index in [1.54, 1.807) is 44.3 Å². The number of esters is 2. The fourth-order valence-electron chi connectivity index (χ4n) is 4.51. The fourth-order valence-corrected chi connectivity index (χ4v) is 4.75. The van der Waals surface area contributed by atoms with E-state index in [0.717, 1.165) is 11.4 Å². The van der Waals surface area contributed by atoms with Crippen molar-refractivity contribution in [2.24, 2.45) is 0 Å². The molecule has 1 aliphatic rings. The van der Waals surface area contributed by atoms with Crippen molar-refractivity contribution in [3.8, 4) is 0 Å². The zero-order valence-corrected chi connectivity index (χ0v) is 22.3. The molecule has 9 heteroatoms. The van der Waals surface area contributed by atoms with Crippen LogP contribution in [0.25, 0.3) is 0 Å². The minimum atomic E-state index is -0.796. The quantitative estimate of drug-likeness (QED) is 0.374. The molecule has 0 amide bonds. The predicted octanol–water partition coefficient (Wildman–Crippen LogP) is 4.75. The zero-order chi connectivity index (χ0) is 27.1. The third-order valence-corrected chi connectivity index (χ3v) is 6.58. The van der Waals surface area contributed by atoms with Gasteiger partial charge < -0.3 is 24.1 Å². The molecule has 0 saturated carbocycles. The molecule has 0 spiro atoms. The Bertz CT molecular complexity index is 1360. The Kier molecular flexibility index (Phi) is 8.99. The molecule has 4 rings (SSSR count). The van der Waals surface area contributed by atoms with Crippen LogP contribution >= 0.6 is 11.6 Å². The van der Waals surface area contributed by atoms with Gasteiger partial charge in [-0.2, -0.15) is 0 Å². The van der Waals surface area contributed by atoms with Crippen LogP contribution in [0.2, 0.25) is 5.02 Å². The third kappa shape index (κ3) is 5.98. The van der Waals surface area contributed by atoms with Crippen LogP contribution in [0, 0.1) is 0 Å². The normalized spacial score (nSPS) is 15.3. The standard InChI is InChI=1S/C29H30ClN3O5/c1-4-38-29(35)27-23(17-37-18-24-31-14-15-33(24)16-20-10-6-5-7-11-20)32-19(2)25(28(34)36-3)26(27)21-12-8-9-13-22(21)30/h5-15,26,32H,4,16-18H2,1-3H3. The number of halogens is 1. The zero-order valence-electron chi connectivity index (χ0n) is 21.6. The highest BCUT2D eigenvalue weighted by Crippen LogP contribution is 2.41. The Morgan fingerprint density at radius 2 is 1.76 bits per heavy atom. The van der Waals surface area contributed by atoms with Gasteiger partial charge in [-0.1, -0.05) is 60.1 Å². The average molecular weight is 536 g/mol. The largest absolute Gasteiger partial charge is 0.466 e. The van der Waals surface area contributed by atoms with Gasteiger partial charge >= 0.3 is 11.9 Å². The lowest BCUT2D eigenvalue weighted by atomic mass is 9.80. The number of allylic oxidation sites excluding steroid dienone is 1. The molecular weight excluding hydrogens is 506 g/mol. The average Bonchev–Trinajstić information content (AvgIpc) is 3.35. The summed E-state index contributed by atoms with van der Waals surface area (Å²) in [6, 6.07) is 17.2. The molecular formula is C29H30ClN3O5. The number of hydrogen-bond donors (Lipinski definition) is 1. The summed E-state index contributed by atoms with van der Waals surface area (Å²) in [6.07, 6.45) is 3.63. The molecule has 198 valence electrons. The predicted molar refractivity (Wildman–Crippen MR) is 143 cm³/mol. The molecule has 0 fully saturated rings. The number of methoxy groups -OCH3 is 1. The highest BCUT2D eigenvalue weighted by molar-refractivity contribution is 6.31. The first-order valence-corrected chi connectivity index (χ1v) is 12.6. The van der Waals surface area contributed by atoms with Gasteiger partial charge in [0.05, 0.1) is 43.1 Å². The van der Waals surface area contributed by atoms with Crippen molar-refractivity contribution in [1.29, 1.82) is 0 Å². The SMILES string of the molecule is CCOC(=O)C1=C(COCc2nccn2Cc2ccccc2)NC(C)=C(C(=O)OC)C1c1ccccc1Cl. The molecule has 0 aliphatic carbocycles. The lowest BCUT2D eigenvalue weighted by Crippen LogP contribution is -2.34. The first-order chi connectivity index (χ1) is 18.4. The smallest absolute Gasteiger partial charge is 0.336 e. The molecule has 1 aliphatic heterocycles. The summed E-state index contributed by atoms with van der Waals surface area (Å²) in [7, 11) is 1.30. The number of nitrogens with one attached hydrogen (secondary N) is 1. The third-order valence-electron chi connectivity index (χ3n) is 6.24. The van der Waals surface area contributed by atoms with Crippen LogP contribution < -0.4 is 5.32 Å². The van der Waals surface area contributed by atoms with Gasteiger partial charge in [0.1, 0.15) is 12.4 Å². The van der Waals surface area contributed by atoms with Gasteiger partial charge in [0.2, 0.25) is 0 Å². The minimum absolute atomic E-state index is 0.0547. The Morgan fingerprint density at radius 3 is 2.47 bits per heavy atom. The van der Waals surface area contributed by atoms with Crippen molar-refractivity contribution in [1.82, 2.24) is 14.9 Å². The second-order valence-corrected chi connectivity index (χ2v) is 9.08. The topological polar surface area (TPSA) is 91.7 Å². The number of rotatable bonds is 10. The molecule has 0 saturated heterocycles. The Morgan fingerprint density at radius 1 is 1.03 bits per heavy atom. The van der Waals surface area contributed by atoms with Crippen molar-refractivity contribution in [3.63, 3.8) is 0 Å². The summed E-state index contributed by atoms with van der Waals surface area (Å²) in [5, 5.41) is 3.60. The summed E-state index contributed by atoms with van der Waals surface area (Å²) in [5.74, 6) is -1.18. The van der Waals surface area contributed by atoms with E-state index in [1.165, 1.54) is 7.11 Å². The molecule has 8 nitrogen and oxygen atoms in total. The van der Waals surface area contributed by atoms with Gasteiger partial charge in [-0.3, -0.25) is 0 Å². The molecule has 2 heterocycles. The van der Waals surface area contributed by atoms with Crippen molar-refractivity contribution >= 4 is 23.5 Å². The van der Waals surface area contributed by atoms with E-state index in [0.29, 0.717) is 28.5 Å². The summed E-state index contributed by atoms with van der Waals surface area (Å²) < 4.78 is 18.5. The summed E-state index contributed by atoms with van der Waals surface area (Å²) in [6.45, 7) is 4.57. The van der Waals surface area contributed by atoms with E-state index in [2.05, 4.69) is 22.4 Å². The molecule has 0 bridgehead atoms. The van der Waals surface area contributed by atoms with E-state index in [-0.39, 0.29) is 31.0 Å². The molecule has 38 heavy (non-hydrogen) atoms. The van der Waals surface area contributed by atoms with Crippen molar-refractivity contribution in [2.75, 3.05) is 20.3 Å². The van der Waals surface area contributed by atoms with Gasteiger partial charge in [-0.15, -0.1) is 0 Å². The lowest BCUT2D eigenvalue weighted by Gasteiger charge is -2.31. The van der Waals surface area contributed by atoms with Crippen LogP contribution in [-0.4, -0.2) is 41.8 Å². The van der Waals surface area contributed by atoms with Crippen LogP contribution in [0.15, 0.2) is 89.5 Å². The van der Waals surface area contributed by atoms with Gasteiger partial charge in [-0.25, -0.2) is 14.6 Å². The Hall–Kier alpha value is -3.88. The number of nitrogens with zero attached hydrogens (tertiary/aromatic N) is 2. The second-order valence-electron chi connectivity index (χ2n) is 8.67. The van der Waals surface area contributed by atoms with E-state index in [1.807, 2.05) is 29.0 Å². The molecule has 1 atom stereocenters. The first kappa shape index (κ1) is 27.2. The Labute approximate surface area is 226 Å². The summed E-state index contributed by atoms with van der Waals surface area (Å²) >= 11 is 6.56. The number of imidazole rings is 1. The van der Waals surface area contributed by atoms with E-state index in [4.69, 9.17) is 25.8 Å². The number of aromatic nitrogens is 2. The highest BCUT2D eigenvalue weighted by atomic mass is 35.5. The molecule has 1 unspecified atom stereocenters. The number of benzene rings is 2. The van der Waals surface area contributed by atoms with Crippen LogP contribution in [0.1, 0.15) is 36.7 Å². The molecule has 1 aromatic heterocycles.